The molecule has 2 aliphatic rings. The predicted octanol–water partition coefficient (Wildman–Crippen LogP) is 4.60. The molecule has 6 nitrogen and oxygen atoms in total. The monoisotopic (exact) mass is 452 g/mol. The second-order valence-electron chi connectivity index (χ2n) is 9.07. The van der Waals surface area contributed by atoms with E-state index in [1.807, 2.05) is 12.1 Å². The quantitative estimate of drug-likeness (QED) is 0.568. The van der Waals surface area contributed by atoms with E-state index in [1.165, 1.54) is 29.8 Å². The number of ether oxygens (including phenoxy) is 1. The Kier molecular flexibility index (Phi) is 6.20. The van der Waals surface area contributed by atoms with E-state index >= 15 is 0 Å². The van der Waals surface area contributed by atoms with Gasteiger partial charge < -0.3 is 9.64 Å². The molecule has 2 fully saturated rings. The van der Waals surface area contributed by atoms with Gasteiger partial charge in [-0.1, -0.05) is 31.4 Å². The number of aryl methyl sites for hydroxylation is 1. The lowest BCUT2D eigenvalue weighted by molar-refractivity contribution is -0.138. The molecule has 0 atom stereocenters. The van der Waals surface area contributed by atoms with Crippen molar-refractivity contribution in [3.05, 3.63) is 41.0 Å². The van der Waals surface area contributed by atoms with Crippen LogP contribution in [0.3, 0.4) is 0 Å². The van der Waals surface area contributed by atoms with Gasteiger partial charge in [-0.3, -0.25) is 14.1 Å². The van der Waals surface area contributed by atoms with Crippen molar-refractivity contribution in [1.82, 2.24) is 19.2 Å². The van der Waals surface area contributed by atoms with E-state index in [1.54, 1.807) is 18.4 Å². The largest absolute Gasteiger partial charge is 0.497 e. The topological polar surface area (TPSA) is 50.1 Å². The highest BCUT2D eigenvalue weighted by Gasteiger charge is 2.29. The third-order valence-electron chi connectivity index (χ3n) is 6.90. The van der Waals surface area contributed by atoms with Gasteiger partial charge in [0.1, 0.15) is 5.75 Å². The van der Waals surface area contributed by atoms with Gasteiger partial charge in [0.15, 0.2) is 4.96 Å². The molecule has 0 spiro atoms. The standard InChI is InChI=1S/C25H32N4O2S/c1-18-16-29-22(23(26-25(29)32-18)20-9-6-10-21(15-20)31-2)17-27-11-13-28(14-12-27)24(30)19-7-4-3-5-8-19/h6,9-10,15-16,19H,3-5,7-8,11-14,17H2,1-2H3. The van der Waals surface area contributed by atoms with Crippen LogP contribution in [0, 0.1) is 12.8 Å². The Balaban J connectivity index is 1.33. The zero-order chi connectivity index (χ0) is 22.1. The van der Waals surface area contributed by atoms with E-state index < -0.39 is 0 Å². The van der Waals surface area contributed by atoms with Crippen molar-refractivity contribution >= 4 is 22.2 Å². The lowest BCUT2D eigenvalue weighted by Crippen LogP contribution is -2.50. The summed E-state index contributed by atoms with van der Waals surface area (Å²) in [5, 5.41) is 0. The molecule has 170 valence electrons. The highest BCUT2D eigenvalue weighted by molar-refractivity contribution is 7.17. The second kappa shape index (κ2) is 9.24. The molecule has 7 heteroatoms. The molecule has 1 aromatic carbocycles. The molecule has 1 saturated carbocycles. The summed E-state index contributed by atoms with van der Waals surface area (Å²) in [7, 11) is 1.70. The minimum absolute atomic E-state index is 0.262. The summed E-state index contributed by atoms with van der Waals surface area (Å²) in [6.45, 7) is 6.43. The number of aromatic nitrogens is 2. The van der Waals surface area contributed by atoms with Crippen LogP contribution in [0.5, 0.6) is 5.75 Å². The van der Waals surface area contributed by atoms with E-state index in [0.717, 1.165) is 67.5 Å². The normalized spacial score (nSPS) is 18.4. The Morgan fingerprint density at radius 3 is 2.69 bits per heavy atom. The summed E-state index contributed by atoms with van der Waals surface area (Å²) in [5.74, 6) is 1.50. The highest BCUT2D eigenvalue weighted by atomic mass is 32.1. The van der Waals surface area contributed by atoms with Crippen LogP contribution in [0.4, 0.5) is 0 Å². The predicted molar refractivity (Wildman–Crippen MR) is 128 cm³/mol. The van der Waals surface area contributed by atoms with Gasteiger partial charge >= 0.3 is 0 Å². The van der Waals surface area contributed by atoms with Crippen LogP contribution in [-0.2, 0) is 11.3 Å². The molecule has 1 saturated heterocycles. The number of amides is 1. The van der Waals surface area contributed by atoms with E-state index in [2.05, 4.69) is 39.5 Å². The maximum absolute atomic E-state index is 12.9. The Bertz CT molecular complexity index is 1090. The van der Waals surface area contributed by atoms with Crippen LogP contribution in [0.25, 0.3) is 16.2 Å². The lowest BCUT2D eigenvalue weighted by Gasteiger charge is -2.37. The fourth-order valence-electron chi connectivity index (χ4n) is 5.10. The number of rotatable bonds is 5. The third-order valence-corrected chi connectivity index (χ3v) is 7.79. The van der Waals surface area contributed by atoms with Crippen molar-refractivity contribution in [2.24, 2.45) is 5.92 Å². The number of hydrogen-bond donors (Lipinski definition) is 0. The number of carbonyl (C=O) groups excluding carboxylic acids is 1. The molecule has 1 aliphatic carbocycles. The molecule has 5 rings (SSSR count). The fourth-order valence-corrected chi connectivity index (χ4v) is 5.94. The van der Waals surface area contributed by atoms with Crippen LogP contribution in [0.15, 0.2) is 30.5 Å². The summed E-state index contributed by atoms with van der Waals surface area (Å²) in [4.78, 5) is 24.8. The highest BCUT2D eigenvalue weighted by Crippen LogP contribution is 2.31. The van der Waals surface area contributed by atoms with Gasteiger partial charge in [-0.25, -0.2) is 4.98 Å². The lowest BCUT2D eigenvalue weighted by atomic mass is 9.88. The Labute approximate surface area is 193 Å². The zero-order valence-corrected chi connectivity index (χ0v) is 19.9. The number of benzene rings is 1. The fraction of sp³-hybridized carbons (Fsp3) is 0.520. The molecule has 1 aliphatic heterocycles. The molecule has 0 unspecified atom stereocenters. The van der Waals surface area contributed by atoms with Gasteiger partial charge in [0.25, 0.3) is 0 Å². The molecule has 0 bridgehead atoms. The number of piperazine rings is 1. The van der Waals surface area contributed by atoms with Crippen molar-refractivity contribution in [1.29, 1.82) is 0 Å². The summed E-state index contributed by atoms with van der Waals surface area (Å²) in [5.41, 5.74) is 3.32. The zero-order valence-electron chi connectivity index (χ0n) is 19.0. The van der Waals surface area contributed by atoms with Gasteiger partial charge in [0, 0.05) is 55.3 Å². The molecular weight excluding hydrogens is 420 g/mol. The second-order valence-corrected chi connectivity index (χ2v) is 10.3. The molecule has 32 heavy (non-hydrogen) atoms. The number of methoxy groups -OCH3 is 1. The van der Waals surface area contributed by atoms with Gasteiger partial charge in [-0.2, -0.15) is 0 Å². The summed E-state index contributed by atoms with van der Waals surface area (Å²) in [6, 6.07) is 8.15. The van der Waals surface area contributed by atoms with Crippen LogP contribution in [0.1, 0.15) is 42.7 Å². The average molecular weight is 453 g/mol. The van der Waals surface area contributed by atoms with Crippen LogP contribution >= 0.6 is 11.3 Å². The molecular formula is C25H32N4O2S. The van der Waals surface area contributed by atoms with E-state index in [4.69, 9.17) is 9.72 Å². The minimum atomic E-state index is 0.262. The number of fused-ring (bicyclic) bond motifs is 1. The van der Waals surface area contributed by atoms with E-state index in [9.17, 15) is 4.79 Å². The number of thiazole rings is 1. The van der Waals surface area contributed by atoms with Gasteiger partial charge in [-0.15, -0.1) is 11.3 Å². The molecule has 2 aromatic heterocycles. The van der Waals surface area contributed by atoms with Crippen LogP contribution in [0.2, 0.25) is 0 Å². The van der Waals surface area contributed by atoms with Crippen molar-refractivity contribution in [2.45, 2.75) is 45.6 Å². The average Bonchev–Trinajstić information content (AvgIpc) is 3.36. The molecule has 0 N–H and O–H groups in total. The van der Waals surface area contributed by atoms with Gasteiger partial charge in [-0.05, 0) is 31.9 Å². The molecule has 3 heterocycles. The van der Waals surface area contributed by atoms with Gasteiger partial charge in [0.2, 0.25) is 5.91 Å². The maximum atomic E-state index is 12.9. The van der Waals surface area contributed by atoms with Crippen molar-refractivity contribution in [3.8, 4) is 17.0 Å². The van der Waals surface area contributed by atoms with E-state index in [-0.39, 0.29) is 5.92 Å². The van der Waals surface area contributed by atoms with Gasteiger partial charge in [0.05, 0.1) is 18.5 Å². The number of hydrogen-bond acceptors (Lipinski definition) is 5. The maximum Gasteiger partial charge on any atom is 0.225 e. The van der Waals surface area contributed by atoms with Crippen molar-refractivity contribution in [3.63, 3.8) is 0 Å². The SMILES string of the molecule is COc1cccc(-c2nc3sc(C)cn3c2CN2CCN(C(=O)C3CCCCC3)CC2)c1. The molecule has 0 radical (unpaired) electrons. The van der Waals surface area contributed by atoms with Crippen LogP contribution < -0.4 is 4.74 Å². The van der Waals surface area contributed by atoms with Crippen molar-refractivity contribution < 1.29 is 9.53 Å². The first kappa shape index (κ1) is 21.5. The number of imidazole rings is 1. The summed E-state index contributed by atoms with van der Waals surface area (Å²) in [6.07, 6.45) is 8.05. The molecule has 3 aromatic rings. The molecule has 1 amide bonds. The van der Waals surface area contributed by atoms with E-state index in [0.29, 0.717) is 5.91 Å². The Hall–Kier alpha value is -2.38. The van der Waals surface area contributed by atoms with Crippen molar-refractivity contribution in [2.75, 3.05) is 33.3 Å². The minimum Gasteiger partial charge on any atom is -0.497 e. The summed E-state index contributed by atoms with van der Waals surface area (Å²) >= 11 is 1.72. The first-order chi connectivity index (χ1) is 15.6. The number of carbonyl (C=O) groups is 1. The summed E-state index contributed by atoms with van der Waals surface area (Å²) < 4.78 is 7.69. The smallest absolute Gasteiger partial charge is 0.225 e. The Morgan fingerprint density at radius 2 is 1.94 bits per heavy atom. The first-order valence-corrected chi connectivity index (χ1v) is 12.6. The Morgan fingerprint density at radius 1 is 1.16 bits per heavy atom. The van der Waals surface area contributed by atoms with Crippen LogP contribution in [-0.4, -0.2) is 58.4 Å². The first-order valence-electron chi connectivity index (χ1n) is 11.8. The number of nitrogens with zero attached hydrogens (tertiary/aromatic N) is 4. The third kappa shape index (κ3) is 4.28.